The van der Waals surface area contributed by atoms with Gasteiger partial charge in [0.05, 0.1) is 20.0 Å². The highest BCUT2D eigenvalue weighted by molar-refractivity contribution is 5.95. The molecule has 9 nitrogen and oxygen atoms in total. The minimum Gasteiger partial charge on any atom is -0.282 e. The molecule has 1 heterocycles. The molecule has 3 N–H and O–H groups in total. The molecule has 1 aliphatic rings. The van der Waals surface area contributed by atoms with E-state index in [1.54, 1.807) is 87.8 Å². The Kier molecular flexibility index (Phi) is 7.06. The summed E-state index contributed by atoms with van der Waals surface area (Å²) < 4.78 is 0. The molecular formula is C24H24N6O3. The Morgan fingerprint density at radius 1 is 0.455 bits per heavy atom. The van der Waals surface area contributed by atoms with Gasteiger partial charge in [-0.2, -0.15) is 15.0 Å². The van der Waals surface area contributed by atoms with Crippen LogP contribution in [0.3, 0.4) is 0 Å². The second kappa shape index (κ2) is 10.5. The summed E-state index contributed by atoms with van der Waals surface area (Å²) in [7, 11) is 0. The smallest absolute Gasteiger partial charge is 0.265 e. The number of hydrazine groups is 3. The Morgan fingerprint density at radius 3 is 0.939 bits per heavy atom. The highest BCUT2D eigenvalue weighted by Gasteiger charge is 2.27. The Hall–Kier alpha value is -4.05. The van der Waals surface area contributed by atoms with Gasteiger partial charge in [0.15, 0.2) is 0 Å². The molecule has 0 bridgehead atoms. The summed E-state index contributed by atoms with van der Waals surface area (Å²) in [5.74, 6) is -0.872. The molecule has 0 atom stereocenters. The number of hydrogen-bond donors (Lipinski definition) is 3. The Labute approximate surface area is 191 Å². The monoisotopic (exact) mass is 444 g/mol. The Balaban J connectivity index is 1.46. The van der Waals surface area contributed by atoms with E-state index in [9.17, 15) is 14.4 Å². The molecule has 9 heteroatoms. The van der Waals surface area contributed by atoms with Crippen LogP contribution in [0, 0.1) is 0 Å². The lowest BCUT2D eigenvalue weighted by Crippen LogP contribution is -2.66. The number of nitrogens with zero attached hydrogens (tertiary/aromatic N) is 3. The predicted octanol–water partition coefficient (Wildman–Crippen LogP) is 1.81. The van der Waals surface area contributed by atoms with Crippen molar-refractivity contribution in [3.8, 4) is 0 Å². The molecule has 33 heavy (non-hydrogen) atoms. The van der Waals surface area contributed by atoms with Crippen LogP contribution in [0.4, 0.5) is 0 Å². The summed E-state index contributed by atoms with van der Waals surface area (Å²) in [6.07, 6.45) is 0. The average molecular weight is 444 g/mol. The van der Waals surface area contributed by atoms with Crippen LogP contribution in [-0.2, 0) is 0 Å². The van der Waals surface area contributed by atoms with Crippen LogP contribution < -0.4 is 16.3 Å². The molecule has 168 valence electrons. The molecular weight excluding hydrogens is 420 g/mol. The summed E-state index contributed by atoms with van der Waals surface area (Å²) in [4.78, 5) is 37.9. The van der Waals surface area contributed by atoms with E-state index in [1.165, 1.54) is 0 Å². The zero-order valence-electron chi connectivity index (χ0n) is 17.8. The van der Waals surface area contributed by atoms with Gasteiger partial charge < -0.3 is 0 Å². The van der Waals surface area contributed by atoms with E-state index < -0.39 is 0 Å². The van der Waals surface area contributed by atoms with Crippen LogP contribution in [0.2, 0.25) is 0 Å². The van der Waals surface area contributed by atoms with Gasteiger partial charge in [0.2, 0.25) is 0 Å². The van der Waals surface area contributed by atoms with Crippen LogP contribution >= 0.6 is 0 Å². The number of nitrogens with one attached hydrogen (secondary N) is 3. The predicted molar refractivity (Wildman–Crippen MR) is 122 cm³/mol. The van der Waals surface area contributed by atoms with Crippen LogP contribution in [0.5, 0.6) is 0 Å². The van der Waals surface area contributed by atoms with E-state index in [2.05, 4.69) is 16.3 Å². The first-order chi connectivity index (χ1) is 16.1. The summed E-state index contributed by atoms with van der Waals surface area (Å²) in [6.45, 7) is 0.651. The summed E-state index contributed by atoms with van der Waals surface area (Å²) in [5.41, 5.74) is 10.00. The van der Waals surface area contributed by atoms with E-state index in [1.807, 2.05) is 18.2 Å². The van der Waals surface area contributed by atoms with E-state index in [0.717, 1.165) is 0 Å². The normalized spacial score (nSPS) is 14.9. The molecule has 0 saturated carbocycles. The number of carbonyl (C=O) groups excluding carboxylic acids is 3. The first-order valence-corrected chi connectivity index (χ1v) is 10.4. The fourth-order valence-electron chi connectivity index (χ4n) is 3.36. The summed E-state index contributed by atoms with van der Waals surface area (Å²) >= 11 is 0. The highest BCUT2D eigenvalue weighted by atomic mass is 16.2. The van der Waals surface area contributed by atoms with Crippen molar-refractivity contribution in [1.29, 1.82) is 0 Å². The molecule has 4 rings (SSSR count). The van der Waals surface area contributed by atoms with Crippen molar-refractivity contribution in [1.82, 2.24) is 31.3 Å². The molecule has 3 aromatic carbocycles. The van der Waals surface area contributed by atoms with Crippen molar-refractivity contribution >= 4 is 17.7 Å². The summed E-state index contributed by atoms with van der Waals surface area (Å²) in [6, 6.07) is 26.5. The second-order valence-electron chi connectivity index (χ2n) is 7.46. The molecule has 0 aliphatic carbocycles. The van der Waals surface area contributed by atoms with Gasteiger partial charge in [-0.1, -0.05) is 54.6 Å². The van der Waals surface area contributed by atoms with E-state index in [4.69, 9.17) is 0 Å². The fourth-order valence-corrected chi connectivity index (χ4v) is 3.36. The van der Waals surface area contributed by atoms with Crippen molar-refractivity contribution in [2.24, 2.45) is 0 Å². The van der Waals surface area contributed by atoms with Crippen molar-refractivity contribution in [2.75, 3.05) is 20.0 Å². The minimum absolute atomic E-state index is 0.217. The van der Waals surface area contributed by atoms with Gasteiger partial charge >= 0.3 is 0 Å². The van der Waals surface area contributed by atoms with Crippen molar-refractivity contribution in [3.05, 3.63) is 108 Å². The topological polar surface area (TPSA) is 97.0 Å². The van der Waals surface area contributed by atoms with Crippen LogP contribution in [0.1, 0.15) is 31.1 Å². The molecule has 0 radical (unpaired) electrons. The maximum absolute atomic E-state index is 12.6. The standard InChI is InChI=1S/C24H24N6O3/c31-22(19-10-4-1-5-11-19)25-28-16-29(26-23(32)20-12-6-2-7-13-20)18-30(17-28)27-24(33)21-14-8-3-9-15-21/h1-15H,16-18H2,(H,25,31)(H,26,32)(H,27,33). The van der Waals surface area contributed by atoms with Gasteiger partial charge in [-0.05, 0) is 36.4 Å². The van der Waals surface area contributed by atoms with Gasteiger partial charge in [0.25, 0.3) is 17.7 Å². The lowest BCUT2D eigenvalue weighted by molar-refractivity contribution is -0.0840. The fraction of sp³-hybridized carbons (Fsp3) is 0.125. The van der Waals surface area contributed by atoms with Gasteiger partial charge in [-0.25, -0.2) is 0 Å². The van der Waals surface area contributed by atoms with Gasteiger partial charge in [-0.3, -0.25) is 30.7 Å². The number of carbonyl (C=O) groups is 3. The first kappa shape index (κ1) is 22.2. The quantitative estimate of drug-likeness (QED) is 0.537. The third-order valence-corrected chi connectivity index (χ3v) is 4.91. The maximum atomic E-state index is 12.6. The highest BCUT2D eigenvalue weighted by Crippen LogP contribution is 2.07. The molecule has 0 unspecified atom stereocenters. The molecule has 0 spiro atoms. The molecule has 1 saturated heterocycles. The van der Waals surface area contributed by atoms with Crippen LogP contribution in [0.25, 0.3) is 0 Å². The number of amides is 3. The van der Waals surface area contributed by atoms with E-state index in [-0.39, 0.29) is 37.7 Å². The molecule has 3 amide bonds. The molecule has 3 aromatic rings. The SMILES string of the molecule is O=C(NN1CN(NC(=O)c2ccccc2)CN(NC(=O)c2ccccc2)C1)c1ccccc1. The van der Waals surface area contributed by atoms with Crippen LogP contribution in [-0.4, -0.2) is 52.8 Å². The Bertz CT molecular complexity index is 947. The second-order valence-corrected chi connectivity index (χ2v) is 7.46. The zero-order valence-corrected chi connectivity index (χ0v) is 17.8. The minimum atomic E-state index is -0.291. The average Bonchev–Trinajstić information content (AvgIpc) is 2.85. The van der Waals surface area contributed by atoms with Gasteiger partial charge in [0.1, 0.15) is 0 Å². The lowest BCUT2D eigenvalue weighted by Gasteiger charge is -2.41. The molecule has 1 aliphatic heterocycles. The van der Waals surface area contributed by atoms with Crippen LogP contribution in [0.15, 0.2) is 91.0 Å². The maximum Gasteiger partial charge on any atom is 0.265 e. The third-order valence-electron chi connectivity index (χ3n) is 4.91. The number of rotatable bonds is 6. The third kappa shape index (κ3) is 6.01. The zero-order chi connectivity index (χ0) is 23.0. The molecule has 0 aromatic heterocycles. The van der Waals surface area contributed by atoms with E-state index >= 15 is 0 Å². The van der Waals surface area contributed by atoms with Crippen molar-refractivity contribution in [2.45, 2.75) is 0 Å². The van der Waals surface area contributed by atoms with Crippen molar-refractivity contribution in [3.63, 3.8) is 0 Å². The molecule has 1 fully saturated rings. The Morgan fingerprint density at radius 2 is 0.697 bits per heavy atom. The van der Waals surface area contributed by atoms with Gasteiger partial charge in [-0.15, -0.1) is 0 Å². The number of hydrogen-bond acceptors (Lipinski definition) is 6. The number of benzene rings is 3. The summed E-state index contributed by atoms with van der Waals surface area (Å²) in [5, 5.41) is 4.82. The van der Waals surface area contributed by atoms with E-state index in [0.29, 0.717) is 16.7 Å². The van der Waals surface area contributed by atoms with Crippen molar-refractivity contribution < 1.29 is 14.4 Å². The lowest BCUT2D eigenvalue weighted by atomic mass is 10.2. The van der Waals surface area contributed by atoms with Gasteiger partial charge in [0, 0.05) is 16.7 Å². The largest absolute Gasteiger partial charge is 0.282 e. The first-order valence-electron chi connectivity index (χ1n) is 10.4.